The first kappa shape index (κ1) is 10.2. The van der Waals surface area contributed by atoms with Gasteiger partial charge in [0.2, 0.25) is 0 Å². The van der Waals surface area contributed by atoms with Crippen LogP contribution in [0.15, 0.2) is 22.8 Å². The number of hydrogen-bond acceptors (Lipinski definition) is 4. The zero-order valence-corrected chi connectivity index (χ0v) is 9.37. The lowest BCUT2D eigenvalue weighted by Crippen LogP contribution is -2.34. The first-order valence-electron chi connectivity index (χ1n) is 6.17. The number of allylic oxidation sites excluding steroid dienone is 4. The van der Waals surface area contributed by atoms with Crippen molar-refractivity contribution < 1.29 is 0 Å². The summed E-state index contributed by atoms with van der Waals surface area (Å²) in [6.45, 7) is 0. The van der Waals surface area contributed by atoms with Gasteiger partial charge in [-0.3, -0.25) is 0 Å². The van der Waals surface area contributed by atoms with E-state index >= 15 is 0 Å². The topological polar surface area (TPSA) is 52.6 Å². The van der Waals surface area contributed by atoms with Gasteiger partial charge in [0.25, 0.3) is 0 Å². The van der Waals surface area contributed by atoms with E-state index in [4.69, 9.17) is 0 Å². The van der Waals surface area contributed by atoms with Crippen molar-refractivity contribution in [1.29, 1.82) is 0 Å². The summed E-state index contributed by atoms with van der Waals surface area (Å²) < 4.78 is 0. The van der Waals surface area contributed by atoms with Crippen molar-refractivity contribution in [2.75, 3.05) is 0 Å². The molecule has 3 rings (SSSR count). The van der Waals surface area contributed by atoms with Crippen LogP contribution in [-0.2, 0) is 0 Å². The van der Waals surface area contributed by atoms with E-state index in [1.807, 2.05) is 0 Å². The molecule has 2 aliphatic carbocycles. The molecule has 1 aliphatic heterocycles. The van der Waals surface area contributed by atoms with Crippen LogP contribution in [0.2, 0.25) is 0 Å². The summed E-state index contributed by atoms with van der Waals surface area (Å²) in [7, 11) is 0. The van der Waals surface area contributed by atoms with Crippen LogP contribution in [0.25, 0.3) is 0 Å². The van der Waals surface area contributed by atoms with Gasteiger partial charge in [-0.2, -0.15) is 0 Å². The Morgan fingerprint density at radius 1 is 0.562 bits per heavy atom. The molecule has 4 heteroatoms. The molecule has 16 heavy (non-hydrogen) atoms. The molecule has 0 atom stereocenters. The zero-order chi connectivity index (χ0) is 11.1. The molecule has 0 radical (unpaired) electrons. The lowest BCUT2D eigenvalue weighted by molar-refractivity contribution is 0.338. The first-order valence-corrected chi connectivity index (χ1v) is 6.17. The molecule has 4 nitrogen and oxygen atoms in total. The van der Waals surface area contributed by atoms with Gasteiger partial charge in [0.05, 0.1) is 0 Å². The van der Waals surface area contributed by atoms with E-state index in [1.165, 1.54) is 0 Å². The lowest BCUT2D eigenvalue weighted by Gasteiger charge is -2.52. The minimum atomic E-state index is 0.738. The Bertz CT molecular complexity index is 305. The summed E-state index contributed by atoms with van der Waals surface area (Å²) >= 11 is 0. The van der Waals surface area contributed by atoms with Crippen molar-refractivity contribution in [3.8, 4) is 0 Å². The molecule has 0 saturated heterocycles. The van der Waals surface area contributed by atoms with E-state index in [9.17, 15) is 10.4 Å². The Morgan fingerprint density at radius 3 is 1.06 bits per heavy atom. The fourth-order valence-corrected chi connectivity index (χ4v) is 2.95. The van der Waals surface area contributed by atoms with Crippen molar-refractivity contribution in [2.45, 2.75) is 51.4 Å². The zero-order valence-electron chi connectivity index (χ0n) is 9.37. The standard InChI is InChI=1S/C12H16N2O2/c15-13-9-5-1-2-6-10(9)14(16)12-8-4-3-7-11(12)13/h1-8H2/q-2. The van der Waals surface area contributed by atoms with Crippen molar-refractivity contribution >= 4 is 0 Å². The van der Waals surface area contributed by atoms with Crippen LogP contribution in [0.3, 0.4) is 0 Å². The van der Waals surface area contributed by atoms with Gasteiger partial charge in [0.1, 0.15) is 0 Å². The third kappa shape index (κ3) is 1.37. The maximum Gasteiger partial charge on any atom is 0.0258 e. The highest BCUT2D eigenvalue weighted by molar-refractivity contribution is 5.34. The summed E-state index contributed by atoms with van der Waals surface area (Å²) in [6, 6.07) is 0. The second-order valence-electron chi connectivity index (χ2n) is 4.79. The van der Waals surface area contributed by atoms with E-state index in [0.717, 1.165) is 84.3 Å². The molecule has 0 unspecified atom stereocenters. The maximum atomic E-state index is 12.2. The van der Waals surface area contributed by atoms with Crippen LogP contribution in [0.4, 0.5) is 0 Å². The minimum Gasteiger partial charge on any atom is -0.754 e. The van der Waals surface area contributed by atoms with Crippen LogP contribution in [0.5, 0.6) is 0 Å². The fraction of sp³-hybridized carbons (Fsp3) is 0.667. The Labute approximate surface area is 95.4 Å². The SMILES string of the molecule is [O-]N1C2=C(CCCC2)N([O-])C2=C1CCCC2. The smallest absolute Gasteiger partial charge is 0.0258 e. The molecule has 0 aromatic rings. The minimum absolute atomic E-state index is 0.738. The highest BCUT2D eigenvalue weighted by atomic mass is 16.5. The average Bonchev–Trinajstić information content (AvgIpc) is 2.36. The van der Waals surface area contributed by atoms with E-state index in [1.54, 1.807) is 0 Å². The van der Waals surface area contributed by atoms with Crippen molar-refractivity contribution in [1.82, 2.24) is 10.1 Å². The Morgan fingerprint density at radius 2 is 0.812 bits per heavy atom. The maximum absolute atomic E-state index is 12.2. The van der Waals surface area contributed by atoms with Crippen LogP contribution in [0.1, 0.15) is 51.4 Å². The summed E-state index contributed by atoms with van der Waals surface area (Å²) in [5, 5.41) is 26.5. The average molecular weight is 220 g/mol. The van der Waals surface area contributed by atoms with Gasteiger partial charge in [-0.1, -0.05) is 0 Å². The highest BCUT2D eigenvalue weighted by Gasteiger charge is 2.27. The first-order chi connectivity index (χ1) is 7.79. The molecule has 0 bridgehead atoms. The van der Waals surface area contributed by atoms with Gasteiger partial charge in [0.15, 0.2) is 0 Å². The molecule has 0 saturated carbocycles. The Kier molecular flexibility index (Phi) is 2.41. The van der Waals surface area contributed by atoms with E-state index in [0.29, 0.717) is 0 Å². The molecule has 88 valence electrons. The van der Waals surface area contributed by atoms with Crippen LogP contribution < -0.4 is 0 Å². The number of hydroxylamine groups is 4. The van der Waals surface area contributed by atoms with Crippen LogP contribution in [0, 0.1) is 10.4 Å². The molecule has 1 heterocycles. The van der Waals surface area contributed by atoms with Crippen molar-refractivity contribution in [3.63, 3.8) is 0 Å². The second kappa shape index (κ2) is 3.79. The molecule has 0 spiro atoms. The van der Waals surface area contributed by atoms with Gasteiger partial charge in [-0.15, -0.1) is 0 Å². The normalized spacial score (nSPS) is 25.9. The van der Waals surface area contributed by atoms with E-state index in [-0.39, 0.29) is 0 Å². The molecular formula is C12H16N2O2-2. The van der Waals surface area contributed by atoms with Crippen molar-refractivity contribution in [2.24, 2.45) is 0 Å². The number of rotatable bonds is 0. The summed E-state index contributed by atoms with van der Waals surface area (Å²) in [5.74, 6) is 0. The third-order valence-corrected chi connectivity index (χ3v) is 3.80. The molecule has 3 aliphatic rings. The molecule has 0 aromatic carbocycles. The second-order valence-corrected chi connectivity index (χ2v) is 4.79. The summed E-state index contributed by atoms with van der Waals surface area (Å²) in [6.07, 6.45) is 7.23. The third-order valence-electron chi connectivity index (χ3n) is 3.80. The van der Waals surface area contributed by atoms with E-state index in [2.05, 4.69) is 0 Å². The molecule has 0 N–H and O–H groups in total. The Balaban J connectivity index is 2.01. The van der Waals surface area contributed by atoms with Gasteiger partial charge >= 0.3 is 0 Å². The predicted octanol–water partition coefficient (Wildman–Crippen LogP) is 3.17. The van der Waals surface area contributed by atoms with Crippen LogP contribution >= 0.6 is 0 Å². The predicted molar refractivity (Wildman–Crippen MR) is 61.4 cm³/mol. The largest absolute Gasteiger partial charge is 0.754 e. The molecular weight excluding hydrogens is 204 g/mol. The van der Waals surface area contributed by atoms with E-state index < -0.39 is 0 Å². The lowest BCUT2D eigenvalue weighted by atomic mass is 9.93. The highest BCUT2D eigenvalue weighted by Crippen LogP contribution is 2.42. The summed E-state index contributed by atoms with van der Waals surface area (Å²) in [4.78, 5) is 0. The fourth-order valence-electron chi connectivity index (χ4n) is 2.95. The van der Waals surface area contributed by atoms with Gasteiger partial charge in [0, 0.05) is 22.8 Å². The quantitative estimate of drug-likeness (QED) is 0.629. The number of hydrogen-bond donors (Lipinski definition) is 0. The molecule has 0 amide bonds. The van der Waals surface area contributed by atoms with Crippen molar-refractivity contribution in [3.05, 3.63) is 33.2 Å². The molecule has 0 aromatic heterocycles. The molecule has 0 fully saturated rings. The van der Waals surface area contributed by atoms with Gasteiger partial charge in [-0.25, -0.2) is 0 Å². The Hall–Kier alpha value is -1.00. The van der Waals surface area contributed by atoms with Gasteiger partial charge in [-0.05, 0) is 51.4 Å². The monoisotopic (exact) mass is 220 g/mol. The summed E-state index contributed by atoms with van der Waals surface area (Å²) in [5.41, 5.74) is 2.95. The van der Waals surface area contributed by atoms with Crippen LogP contribution in [-0.4, -0.2) is 10.1 Å². The number of nitrogens with zero attached hydrogens (tertiary/aromatic N) is 2. The van der Waals surface area contributed by atoms with Gasteiger partial charge < -0.3 is 20.5 Å².